The van der Waals surface area contributed by atoms with E-state index in [0.717, 1.165) is 11.3 Å². The molecule has 0 spiro atoms. The number of nitrogens with zero attached hydrogens (tertiary/aromatic N) is 1. The van der Waals surface area contributed by atoms with E-state index in [4.69, 9.17) is 10.7 Å². The molecule has 0 unspecified atom stereocenters. The Morgan fingerprint density at radius 3 is 2.50 bits per heavy atom. The number of hydrogen-bond acceptors (Lipinski definition) is 4. The minimum atomic E-state index is -3.95. The molecular formula is C7H9ClFNO2S2. The van der Waals surface area contributed by atoms with Crippen LogP contribution in [0.3, 0.4) is 0 Å². The van der Waals surface area contributed by atoms with Gasteiger partial charge in [-0.2, -0.15) is 0 Å². The highest BCUT2D eigenvalue weighted by molar-refractivity contribution is 8.15. The third kappa shape index (κ3) is 2.91. The van der Waals surface area contributed by atoms with Gasteiger partial charge in [-0.3, -0.25) is 0 Å². The maximum Gasteiger partial charge on any atom is 0.273 e. The van der Waals surface area contributed by atoms with Gasteiger partial charge in [0.15, 0.2) is 10.0 Å². The predicted molar refractivity (Wildman–Crippen MR) is 54.7 cm³/mol. The molecule has 0 atom stereocenters. The minimum Gasteiger partial charge on any atom is -0.304 e. The molecule has 1 rings (SSSR count). The zero-order valence-corrected chi connectivity index (χ0v) is 10.0. The van der Waals surface area contributed by atoms with E-state index < -0.39 is 19.1 Å². The van der Waals surface area contributed by atoms with Crippen LogP contribution < -0.4 is 0 Å². The smallest absolute Gasteiger partial charge is 0.273 e. The van der Waals surface area contributed by atoms with Gasteiger partial charge in [-0.05, 0) is 20.2 Å². The highest BCUT2D eigenvalue weighted by atomic mass is 35.7. The minimum absolute atomic E-state index is 0.406. The van der Waals surface area contributed by atoms with Crippen molar-refractivity contribution in [2.24, 2.45) is 0 Å². The molecule has 7 heteroatoms. The molecule has 0 aliphatic carbocycles. The fourth-order valence-electron chi connectivity index (χ4n) is 0.953. The van der Waals surface area contributed by atoms with E-state index >= 15 is 0 Å². The van der Waals surface area contributed by atoms with Gasteiger partial charge in [-0.25, -0.2) is 12.8 Å². The van der Waals surface area contributed by atoms with E-state index in [9.17, 15) is 12.8 Å². The van der Waals surface area contributed by atoms with Crippen LogP contribution in [0.15, 0.2) is 10.3 Å². The third-order valence-electron chi connectivity index (χ3n) is 1.40. The van der Waals surface area contributed by atoms with Gasteiger partial charge in [0.2, 0.25) is 0 Å². The largest absolute Gasteiger partial charge is 0.304 e. The molecule has 1 heterocycles. The van der Waals surface area contributed by atoms with Crippen LogP contribution >= 0.6 is 22.0 Å². The molecule has 0 saturated carbocycles. The van der Waals surface area contributed by atoms with E-state index in [1.807, 2.05) is 19.0 Å². The highest BCUT2D eigenvalue weighted by Crippen LogP contribution is 2.29. The molecule has 1 aromatic rings. The Hall–Kier alpha value is -0.170. The topological polar surface area (TPSA) is 37.4 Å². The van der Waals surface area contributed by atoms with Crippen LogP contribution in [0.25, 0.3) is 0 Å². The normalized spacial score (nSPS) is 12.4. The number of rotatable bonds is 3. The molecule has 0 aromatic carbocycles. The monoisotopic (exact) mass is 257 g/mol. The van der Waals surface area contributed by atoms with E-state index in [0.29, 0.717) is 11.4 Å². The summed E-state index contributed by atoms with van der Waals surface area (Å²) in [4.78, 5) is 2.45. The molecule has 0 fully saturated rings. The summed E-state index contributed by atoms with van der Waals surface area (Å²) < 4.78 is 34.4. The standard InChI is InChI=1S/C7H9ClFNO2S2/c1-10(2)4-5-3-6(9)7(13-5)14(8,11)12/h3H,4H2,1-2H3. The lowest BCUT2D eigenvalue weighted by Crippen LogP contribution is -2.09. The molecule has 3 nitrogen and oxygen atoms in total. The van der Waals surface area contributed by atoms with Crippen molar-refractivity contribution in [3.63, 3.8) is 0 Å². The first kappa shape index (κ1) is 11.9. The second-order valence-electron chi connectivity index (χ2n) is 3.02. The molecule has 0 aliphatic rings. The summed E-state index contributed by atoms with van der Waals surface area (Å²) in [5, 5.41) is 0. The van der Waals surface area contributed by atoms with Crippen molar-refractivity contribution in [2.45, 2.75) is 10.8 Å². The molecule has 1 aromatic heterocycles. The Labute approximate surface area is 90.5 Å². The lowest BCUT2D eigenvalue weighted by molar-refractivity contribution is 0.406. The van der Waals surface area contributed by atoms with Gasteiger partial charge in [0, 0.05) is 22.1 Å². The van der Waals surface area contributed by atoms with Crippen molar-refractivity contribution in [3.05, 3.63) is 16.8 Å². The van der Waals surface area contributed by atoms with E-state index in [1.54, 1.807) is 0 Å². The summed E-state index contributed by atoms with van der Waals surface area (Å²) in [7, 11) is 4.72. The average Bonchev–Trinajstić information content (AvgIpc) is 2.27. The maximum absolute atomic E-state index is 13.1. The van der Waals surface area contributed by atoms with E-state index in [-0.39, 0.29) is 0 Å². The summed E-state index contributed by atoms with van der Waals surface area (Å²) in [5.41, 5.74) is 0. The molecular weight excluding hydrogens is 249 g/mol. The summed E-state index contributed by atoms with van der Waals surface area (Å²) in [6.45, 7) is 0.494. The summed E-state index contributed by atoms with van der Waals surface area (Å²) in [5.74, 6) is -0.776. The molecule has 0 amide bonds. The molecule has 80 valence electrons. The van der Waals surface area contributed by atoms with Crippen molar-refractivity contribution in [3.8, 4) is 0 Å². The number of hydrogen-bond donors (Lipinski definition) is 0. The Balaban J connectivity index is 3.06. The first-order chi connectivity index (χ1) is 6.30. The Bertz CT molecular complexity index is 427. The van der Waals surface area contributed by atoms with Gasteiger partial charge >= 0.3 is 0 Å². The van der Waals surface area contributed by atoms with E-state index in [2.05, 4.69) is 0 Å². The lowest BCUT2D eigenvalue weighted by Gasteiger charge is -2.05. The van der Waals surface area contributed by atoms with Gasteiger partial charge in [-0.1, -0.05) is 0 Å². The van der Waals surface area contributed by atoms with Crippen LogP contribution in [-0.4, -0.2) is 27.4 Å². The van der Waals surface area contributed by atoms with Crippen LogP contribution in [0.1, 0.15) is 4.88 Å². The Morgan fingerprint density at radius 2 is 2.14 bits per heavy atom. The van der Waals surface area contributed by atoms with E-state index in [1.165, 1.54) is 6.07 Å². The molecule has 0 N–H and O–H groups in total. The average molecular weight is 258 g/mol. The quantitative estimate of drug-likeness (QED) is 0.776. The molecule has 0 bridgehead atoms. The third-order valence-corrected chi connectivity index (χ3v) is 4.57. The zero-order valence-electron chi connectivity index (χ0n) is 7.62. The first-order valence-corrected chi connectivity index (χ1v) is 6.81. The van der Waals surface area contributed by atoms with Gasteiger partial charge < -0.3 is 4.90 Å². The lowest BCUT2D eigenvalue weighted by atomic mass is 10.4. The zero-order chi connectivity index (χ0) is 10.9. The SMILES string of the molecule is CN(C)Cc1cc(F)c(S(=O)(=O)Cl)s1. The summed E-state index contributed by atoms with van der Waals surface area (Å²) in [6, 6.07) is 1.19. The van der Waals surface area contributed by atoms with Crippen LogP contribution in [0.5, 0.6) is 0 Å². The van der Waals surface area contributed by atoms with Crippen LogP contribution in [-0.2, 0) is 15.6 Å². The van der Waals surface area contributed by atoms with Crippen molar-refractivity contribution >= 4 is 31.1 Å². The fourth-order valence-corrected chi connectivity index (χ4v) is 3.35. The van der Waals surface area contributed by atoms with Crippen molar-refractivity contribution in [2.75, 3.05) is 14.1 Å². The van der Waals surface area contributed by atoms with Crippen LogP contribution in [0, 0.1) is 5.82 Å². The Kier molecular flexibility index (Phi) is 3.52. The van der Waals surface area contributed by atoms with Gasteiger partial charge in [0.1, 0.15) is 0 Å². The summed E-state index contributed by atoms with van der Waals surface area (Å²) in [6.07, 6.45) is 0. The number of halogens is 2. The molecule has 14 heavy (non-hydrogen) atoms. The second-order valence-corrected chi connectivity index (χ2v) is 6.92. The van der Waals surface area contributed by atoms with Crippen molar-refractivity contribution in [1.82, 2.24) is 4.90 Å². The second kappa shape index (κ2) is 4.14. The molecule has 0 saturated heterocycles. The van der Waals surface area contributed by atoms with Gasteiger partial charge in [-0.15, -0.1) is 11.3 Å². The number of thiophene rings is 1. The predicted octanol–water partition coefficient (Wildman–Crippen LogP) is 1.88. The first-order valence-electron chi connectivity index (χ1n) is 3.68. The molecule has 0 aliphatic heterocycles. The van der Waals surface area contributed by atoms with Crippen LogP contribution in [0.4, 0.5) is 4.39 Å². The van der Waals surface area contributed by atoms with Crippen molar-refractivity contribution in [1.29, 1.82) is 0 Å². The van der Waals surface area contributed by atoms with Crippen molar-refractivity contribution < 1.29 is 12.8 Å². The fraction of sp³-hybridized carbons (Fsp3) is 0.429. The highest BCUT2D eigenvalue weighted by Gasteiger charge is 2.20. The Morgan fingerprint density at radius 1 is 1.57 bits per heavy atom. The molecule has 0 radical (unpaired) electrons. The van der Waals surface area contributed by atoms with Gasteiger partial charge in [0.05, 0.1) is 0 Å². The maximum atomic E-state index is 13.1. The van der Waals surface area contributed by atoms with Crippen LogP contribution in [0.2, 0.25) is 0 Å². The van der Waals surface area contributed by atoms with Gasteiger partial charge in [0.25, 0.3) is 9.05 Å². The summed E-state index contributed by atoms with van der Waals surface area (Å²) >= 11 is 0.858.